The van der Waals surface area contributed by atoms with Crippen LogP contribution in [-0.2, 0) is 4.74 Å². The Morgan fingerprint density at radius 2 is 2.00 bits per heavy atom. The van der Waals surface area contributed by atoms with Gasteiger partial charge in [-0.1, -0.05) is 39.0 Å². The Morgan fingerprint density at radius 3 is 2.55 bits per heavy atom. The summed E-state index contributed by atoms with van der Waals surface area (Å²) in [5, 5.41) is 10.00. The molecule has 1 heterocycles. The number of aliphatic hydroxyl groups is 1. The fraction of sp³-hybridized carbons (Fsp3) is 0.611. The van der Waals surface area contributed by atoms with Gasteiger partial charge in [-0.05, 0) is 30.4 Å². The minimum atomic E-state index is -0.635. The number of carbonyl (C=O) groups excluding carboxylic acids is 1. The lowest BCUT2D eigenvalue weighted by Gasteiger charge is -2.41. The van der Waals surface area contributed by atoms with Crippen molar-refractivity contribution in [1.29, 1.82) is 0 Å². The van der Waals surface area contributed by atoms with Gasteiger partial charge in [-0.25, -0.2) is 0 Å². The summed E-state index contributed by atoms with van der Waals surface area (Å²) in [4.78, 5) is 15.1. The van der Waals surface area contributed by atoms with Crippen LogP contribution in [0.15, 0.2) is 30.3 Å². The van der Waals surface area contributed by atoms with Gasteiger partial charge in [-0.15, -0.1) is 0 Å². The van der Waals surface area contributed by atoms with Crippen LogP contribution >= 0.6 is 0 Å². The molecule has 0 aromatic heterocycles. The third kappa shape index (κ3) is 2.55. The number of hydrogen-bond donors (Lipinski definition) is 1. The molecule has 1 unspecified atom stereocenters. The molecule has 1 aliphatic carbocycles. The average Bonchev–Trinajstić information content (AvgIpc) is 3.03. The fourth-order valence-corrected chi connectivity index (χ4v) is 3.66. The predicted octanol–water partition coefficient (Wildman–Crippen LogP) is 2.81. The average molecular weight is 303 g/mol. The molecular formula is C18H25NO3. The number of amides is 1. The molecule has 4 nitrogen and oxygen atoms in total. The fourth-order valence-electron chi connectivity index (χ4n) is 3.66. The maximum absolute atomic E-state index is 13.1. The Labute approximate surface area is 132 Å². The maximum Gasteiger partial charge on any atom is 0.256 e. The van der Waals surface area contributed by atoms with Gasteiger partial charge >= 0.3 is 0 Å². The van der Waals surface area contributed by atoms with E-state index >= 15 is 0 Å². The third-order valence-corrected chi connectivity index (χ3v) is 4.92. The molecule has 1 saturated heterocycles. The quantitative estimate of drug-likeness (QED) is 0.868. The number of hydrogen-bond acceptors (Lipinski definition) is 3. The number of rotatable bonds is 1. The highest BCUT2D eigenvalue weighted by molar-refractivity contribution is 5.95. The molecule has 1 spiro atoms. The molecule has 0 radical (unpaired) electrons. The zero-order valence-corrected chi connectivity index (χ0v) is 13.6. The van der Waals surface area contributed by atoms with Crippen molar-refractivity contribution in [2.75, 3.05) is 6.61 Å². The molecule has 1 N–H and O–H groups in total. The molecule has 2 fully saturated rings. The Hall–Kier alpha value is -1.39. The minimum Gasteiger partial charge on any atom is -0.393 e. The van der Waals surface area contributed by atoms with Crippen molar-refractivity contribution in [1.82, 2.24) is 4.90 Å². The summed E-state index contributed by atoms with van der Waals surface area (Å²) in [7, 11) is 0. The van der Waals surface area contributed by atoms with E-state index < -0.39 is 5.72 Å². The molecule has 1 aliphatic heterocycles. The van der Waals surface area contributed by atoms with Crippen molar-refractivity contribution < 1.29 is 14.6 Å². The first-order chi connectivity index (χ1) is 10.3. The van der Waals surface area contributed by atoms with Crippen LogP contribution in [0.1, 0.15) is 50.4 Å². The van der Waals surface area contributed by atoms with E-state index in [2.05, 4.69) is 20.8 Å². The Morgan fingerprint density at radius 1 is 1.32 bits per heavy atom. The monoisotopic (exact) mass is 303 g/mol. The van der Waals surface area contributed by atoms with Crippen LogP contribution in [0.5, 0.6) is 0 Å². The molecule has 4 heteroatoms. The molecular weight excluding hydrogens is 278 g/mol. The molecule has 2 aliphatic rings. The molecule has 3 atom stereocenters. The largest absolute Gasteiger partial charge is 0.393 e. The predicted molar refractivity (Wildman–Crippen MR) is 84.4 cm³/mol. The number of aliphatic hydroxyl groups excluding tert-OH is 1. The molecule has 0 bridgehead atoms. The standard InChI is InChI=1S/C18H25NO3/c1-17(2,3)15-12-22-18(10-9-14(20)11-18)19(15)16(21)13-7-5-4-6-8-13/h4-8,14-15,20H,9-12H2,1-3H3/t14-,15+,18?/m1/s1. The second-order valence-electron chi connectivity index (χ2n) is 7.58. The molecule has 120 valence electrons. The van der Waals surface area contributed by atoms with E-state index in [1.165, 1.54) is 0 Å². The number of nitrogens with zero attached hydrogens (tertiary/aromatic N) is 1. The van der Waals surface area contributed by atoms with Crippen LogP contribution in [0, 0.1) is 5.41 Å². The lowest BCUT2D eigenvalue weighted by molar-refractivity contribution is -0.0733. The highest BCUT2D eigenvalue weighted by atomic mass is 16.5. The van der Waals surface area contributed by atoms with Gasteiger partial charge < -0.3 is 14.7 Å². The molecule has 1 aromatic carbocycles. The van der Waals surface area contributed by atoms with Crippen molar-refractivity contribution in [3.8, 4) is 0 Å². The number of ether oxygens (including phenoxy) is 1. The minimum absolute atomic E-state index is 0.00660. The SMILES string of the molecule is CC(C)(C)[C@@H]1COC2(CC[C@@H](O)C2)N1C(=O)c1ccccc1. The van der Waals surface area contributed by atoms with E-state index in [0.717, 1.165) is 0 Å². The first kappa shape index (κ1) is 15.5. The van der Waals surface area contributed by atoms with E-state index in [1.807, 2.05) is 35.2 Å². The van der Waals surface area contributed by atoms with Crippen molar-refractivity contribution in [3.05, 3.63) is 35.9 Å². The van der Waals surface area contributed by atoms with Gasteiger partial charge in [-0.2, -0.15) is 0 Å². The van der Waals surface area contributed by atoms with Gasteiger partial charge in [0, 0.05) is 12.0 Å². The van der Waals surface area contributed by atoms with E-state index in [4.69, 9.17) is 4.74 Å². The molecule has 1 amide bonds. The van der Waals surface area contributed by atoms with Crippen LogP contribution in [0.4, 0.5) is 0 Å². The molecule has 1 saturated carbocycles. The summed E-state index contributed by atoms with van der Waals surface area (Å²) in [5.41, 5.74) is -0.0193. The lowest BCUT2D eigenvalue weighted by Crippen LogP contribution is -2.54. The van der Waals surface area contributed by atoms with Gasteiger partial charge in [0.05, 0.1) is 18.8 Å². The van der Waals surface area contributed by atoms with Crippen LogP contribution in [-0.4, -0.2) is 40.4 Å². The second kappa shape index (κ2) is 5.36. The first-order valence-electron chi connectivity index (χ1n) is 8.04. The van der Waals surface area contributed by atoms with Crippen LogP contribution in [0.25, 0.3) is 0 Å². The van der Waals surface area contributed by atoms with Gasteiger partial charge in [0.25, 0.3) is 5.91 Å². The lowest BCUT2D eigenvalue weighted by atomic mass is 9.85. The molecule has 22 heavy (non-hydrogen) atoms. The van der Waals surface area contributed by atoms with Crippen LogP contribution < -0.4 is 0 Å². The van der Waals surface area contributed by atoms with Crippen molar-refractivity contribution in [3.63, 3.8) is 0 Å². The topological polar surface area (TPSA) is 49.8 Å². The van der Waals surface area contributed by atoms with E-state index in [9.17, 15) is 9.90 Å². The summed E-state index contributed by atoms with van der Waals surface area (Å²) in [6.07, 6.45) is 1.53. The third-order valence-electron chi connectivity index (χ3n) is 4.92. The molecule has 1 aromatic rings. The number of carbonyl (C=O) groups is 1. The summed E-state index contributed by atoms with van der Waals surface area (Å²) >= 11 is 0. The van der Waals surface area contributed by atoms with Crippen molar-refractivity contribution in [2.24, 2.45) is 5.41 Å². The van der Waals surface area contributed by atoms with Crippen LogP contribution in [0.3, 0.4) is 0 Å². The van der Waals surface area contributed by atoms with Gasteiger partial charge in [-0.3, -0.25) is 4.79 Å². The number of benzene rings is 1. The zero-order chi connectivity index (χ0) is 16.0. The highest BCUT2D eigenvalue weighted by Crippen LogP contribution is 2.46. The smallest absolute Gasteiger partial charge is 0.256 e. The van der Waals surface area contributed by atoms with Gasteiger partial charge in [0.15, 0.2) is 0 Å². The zero-order valence-electron chi connectivity index (χ0n) is 13.6. The van der Waals surface area contributed by atoms with Crippen molar-refractivity contribution >= 4 is 5.91 Å². The van der Waals surface area contributed by atoms with Gasteiger partial charge in [0.1, 0.15) is 5.72 Å². The summed E-state index contributed by atoms with van der Waals surface area (Å²) in [6.45, 7) is 6.94. The Bertz CT molecular complexity index is 551. The van der Waals surface area contributed by atoms with Gasteiger partial charge in [0.2, 0.25) is 0 Å². The van der Waals surface area contributed by atoms with E-state index in [0.29, 0.717) is 31.4 Å². The summed E-state index contributed by atoms with van der Waals surface area (Å²) in [6, 6.07) is 9.39. The second-order valence-corrected chi connectivity index (χ2v) is 7.58. The first-order valence-corrected chi connectivity index (χ1v) is 8.04. The normalized spacial score (nSPS) is 31.9. The Kier molecular flexibility index (Phi) is 3.77. The van der Waals surface area contributed by atoms with E-state index in [-0.39, 0.29) is 23.5 Å². The van der Waals surface area contributed by atoms with Crippen molar-refractivity contribution in [2.45, 2.75) is 57.9 Å². The van der Waals surface area contributed by atoms with E-state index in [1.54, 1.807) is 0 Å². The molecule has 3 rings (SSSR count). The van der Waals surface area contributed by atoms with Crippen LogP contribution in [0.2, 0.25) is 0 Å². The maximum atomic E-state index is 13.1. The Balaban J connectivity index is 1.99. The highest BCUT2D eigenvalue weighted by Gasteiger charge is 2.56. The summed E-state index contributed by atoms with van der Waals surface area (Å²) in [5.74, 6) is 0.00660. The summed E-state index contributed by atoms with van der Waals surface area (Å²) < 4.78 is 6.11.